The van der Waals surface area contributed by atoms with E-state index >= 15 is 0 Å². The van der Waals surface area contributed by atoms with E-state index in [1.165, 1.54) is 5.57 Å². The van der Waals surface area contributed by atoms with Gasteiger partial charge < -0.3 is 9.84 Å². The van der Waals surface area contributed by atoms with Gasteiger partial charge in [-0.05, 0) is 37.0 Å². The number of aromatic hydroxyl groups is 1. The smallest absolute Gasteiger partial charge is 0.217 e. The molecule has 5 nitrogen and oxygen atoms in total. The Balaban J connectivity index is 1.59. The molecule has 1 aliphatic heterocycles. The third-order valence-corrected chi connectivity index (χ3v) is 4.88. The molecule has 4 rings (SSSR count). The Bertz CT molecular complexity index is 835. The van der Waals surface area contributed by atoms with Crippen LogP contribution in [0, 0.1) is 0 Å². The number of hydrogen-bond acceptors (Lipinski definition) is 4. The first-order chi connectivity index (χ1) is 12.3. The molecule has 0 atom stereocenters. The van der Waals surface area contributed by atoms with Crippen molar-refractivity contribution < 1.29 is 9.84 Å². The maximum absolute atomic E-state index is 10.7. The summed E-state index contributed by atoms with van der Waals surface area (Å²) in [7, 11) is 1.63. The predicted octanol–water partition coefficient (Wildman–Crippen LogP) is 3.22. The van der Waals surface area contributed by atoms with Gasteiger partial charge in [0.05, 0.1) is 12.8 Å². The Labute approximate surface area is 147 Å². The van der Waals surface area contributed by atoms with Crippen LogP contribution in [0.15, 0.2) is 48.1 Å². The Morgan fingerprint density at radius 2 is 2.12 bits per heavy atom. The van der Waals surface area contributed by atoms with Gasteiger partial charge in [0.1, 0.15) is 11.4 Å². The van der Waals surface area contributed by atoms with Gasteiger partial charge in [0, 0.05) is 25.2 Å². The first kappa shape index (κ1) is 16.0. The zero-order valence-electron chi connectivity index (χ0n) is 14.5. The number of para-hydroxylation sites is 2. The van der Waals surface area contributed by atoms with E-state index in [0.29, 0.717) is 5.75 Å². The van der Waals surface area contributed by atoms with Crippen molar-refractivity contribution in [1.29, 1.82) is 0 Å². The fourth-order valence-electron chi connectivity index (χ4n) is 3.58. The Kier molecular flexibility index (Phi) is 4.32. The summed E-state index contributed by atoms with van der Waals surface area (Å²) >= 11 is 0. The van der Waals surface area contributed by atoms with Crippen molar-refractivity contribution in [1.82, 2.24) is 14.7 Å². The molecule has 2 aromatic rings. The van der Waals surface area contributed by atoms with Crippen molar-refractivity contribution in [3.8, 4) is 17.3 Å². The Morgan fingerprint density at radius 1 is 1.24 bits per heavy atom. The van der Waals surface area contributed by atoms with Crippen molar-refractivity contribution in [2.24, 2.45) is 0 Å². The summed E-state index contributed by atoms with van der Waals surface area (Å²) in [6.45, 7) is 2.64. The number of aromatic nitrogens is 2. The van der Waals surface area contributed by atoms with E-state index in [1.54, 1.807) is 11.8 Å². The fraction of sp³-hybridized carbons (Fsp3) is 0.350. The summed E-state index contributed by atoms with van der Waals surface area (Å²) in [6, 6.07) is 7.62. The van der Waals surface area contributed by atoms with E-state index in [2.05, 4.69) is 28.2 Å². The van der Waals surface area contributed by atoms with Crippen molar-refractivity contribution in [3.63, 3.8) is 0 Å². The molecule has 1 aromatic carbocycles. The molecule has 1 aromatic heterocycles. The molecule has 0 saturated carbocycles. The molecule has 1 aliphatic carbocycles. The number of nitrogens with zero attached hydrogens (tertiary/aromatic N) is 3. The zero-order valence-corrected chi connectivity index (χ0v) is 14.5. The molecule has 2 heterocycles. The van der Waals surface area contributed by atoms with Crippen molar-refractivity contribution in [2.45, 2.75) is 25.8 Å². The van der Waals surface area contributed by atoms with Gasteiger partial charge in [-0.2, -0.15) is 9.78 Å². The van der Waals surface area contributed by atoms with Crippen LogP contribution < -0.4 is 4.74 Å². The minimum absolute atomic E-state index is 0.232. The van der Waals surface area contributed by atoms with Crippen LogP contribution in [0.2, 0.25) is 0 Å². The van der Waals surface area contributed by atoms with E-state index in [4.69, 9.17) is 4.74 Å². The molecule has 0 unspecified atom stereocenters. The van der Waals surface area contributed by atoms with Gasteiger partial charge in [-0.1, -0.05) is 30.4 Å². The topological polar surface area (TPSA) is 50.5 Å². The molecule has 0 radical (unpaired) electrons. The fourth-order valence-corrected chi connectivity index (χ4v) is 3.58. The Morgan fingerprint density at radius 3 is 2.92 bits per heavy atom. The summed E-state index contributed by atoms with van der Waals surface area (Å²) in [5.41, 5.74) is 4.05. The van der Waals surface area contributed by atoms with E-state index in [-0.39, 0.29) is 5.88 Å². The molecule has 2 aliphatic rings. The number of rotatable bonds is 4. The first-order valence-electron chi connectivity index (χ1n) is 8.77. The monoisotopic (exact) mass is 337 g/mol. The number of fused-ring (bicyclic) bond motifs is 1. The quantitative estimate of drug-likeness (QED) is 0.931. The molecule has 5 heteroatoms. The molecule has 25 heavy (non-hydrogen) atoms. The van der Waals surface area contributed by atoms with Crippen LogP contribution in [-0.2, 0) is 13.0 Å². The highest BCUT2D eigenvalue weighted by molar-refractivity contribution is 5.50. The van der Waals surface area contributed by atoms with Crippen molar-refractivity contribution >= 4 is 0 Å². The maximum atomic E-state index is 10.7. The molecule has 0 bridgehead atoms. The lowest BCUT2D eigenvalue weighted by Gasteiger charge is -2.26. The van der Waals surface area contributed by atoms with Crippen molar-refractivity contribution in [2.75, 3.05) is 20.2 Å². The third-order valence-electron chi connectivity index (χ3n) is 4.88. The van der Waals surface area contributed by atoms with Crippen LogP contribution in [0.4, 0.5) is 0 Å². The van der Waals surface area contributed by atoms with Crippen LogP contribution in [-0.4, -0.2) is 40.0 Å². The number of methoxy groups -OCH3 is 1. The van der Waals surface area contributed by atoms with Gasteiger partial charge in [-0.3, -0.25) is 4.90 Å². The lowest BCUT2D eigenvalue weighted by atomic mass is 10.0. The van der Waals surface area contributed by atoms with Gasteiger partial charge in [0.15, 0.2) is 0 Å². The minimum Gasteiger partial charge on any atom is -0.494 e. The summed E-state index contributed by atoms with van der Waals surface area (Å²) in [5, 5.41) is 15.3. The second-order valence-corrected chi connectivity index (χ2v) is 6.55. The summed E-state index contributed by atoms with van der Waals surface area (Å²) in [5.74, 6) is 0.933. The standard InChI is InChI=1S/C20H23N3O2/c1-25-19-10-6-5-9-18(19)23-20(24)16-11-12-22(14-17(16)21-23)13-15-7-3-2-4-8-15/h3,5-10,24H,2,4,11-14H2,1H3. The maximum Gasteiger partial charge on any atom is 0.217 e. The Hall–Kier alpha value is -2.53. The van der Waals surface area contributed by atoms with E-state index in [0.717, 1.165) is 55.8 Å². The normalized spacial score (nSPS) is 17.2. The summed E-state index contributed by atoms with van der Waals surface area (Å²) < 4.78 is 7.01. The predicted molar refractivity (Wildman–Crippen MR) is 97.2 cm³/mol. The summed E-state index contributed by atoms with van der Waals surface area (Å²) in [4.78, 5) is 2.39. The number of allylic oxidation sites excluding steroid dienone is 2. The second kappa shape index (κ2) is 6.76. The molecule has 1 N–H and O–H groups in total. The zero-order chi connectivity index (χ0) is 17.2. The molecule has 0 amide bonds. The molecule has 0 saturated heterocycles. The SMILES string of the molecule is COc1ccccc1-n1nc2c(c1O)CCN(CC1=CCCC=C1)C2. The van der Waals surface area contributed by atoms with E-state index < -0.39 is 0 Å². The number of ether oxygens (including phenoxy) is 1. The molecule has 0 fully saturated rings. The van der Waals surface area contributed by atoms with Crippen LogP contribution in [0.25, 0.3) is 5.69 Å². The highest BCUT2D eigenvalue weighted by Crippen LogP contribution is 2.32. The average Bonchev–Trinajstić information content (AvgIpc) is 2.98. The van der Waals surface area contributed by atoms with Gasteiger partial charge >= 0.3 is 0 Å². The highest BCUT2D eigenvalue weighted by Gasteiger charge is 2.26. The molecular weight excluding hydrogens is 314 g/mol. The highest BCUT2D eigenvalue weighted by atomic mass is 16.5. The van der Waals surface area contributed by atoms with Crippen LogP contribution in [0.3, 0.4) is 0 Å². The lowest BCUT2D eigenvalue weighted by Crippen LogP contribution is -2.31. The van der Waals surface area contributed by atoms with E-state index in [1.807, 2.05) is 24.3 Å². The van der Waals surface area contributed by atoms with Crippen LogP contribution >= 0.6 is 0 Å². The third kappa shape index (κ3) is 3.07. The number of hydrogen-bond donors (Lipinski definition) is 1. The summed E-state index contributed by atoms with van der Waals surface area (Å²) in [6.07, 6.45) is 9.88. The number of benzene rings is 1. The van der Waals surface area contributed by atoms with Crippen molar-refractivity contribution in [3.05, 3.63) is 59.3 Å². The molecule has 130 valence electrons. The van der Waals surface area contributed by atoms with Gasteiger partial charge in [-0.25, -0.2) is 0 Å². The minimum atomic E-state index is 0.232. The largest absolute Gasteiger partial charge is 0.494 e. The van der Waals surface area contributed by atoms with Gasteiger partial charge in [0.25, 0.3) is 0 Å². The molecule has 0 spiro atoms. The average molecular weight is 337 g/mol. The van der Waals surface area contributed by atoms with E-state index in [9.17, 15) is 5.11 Å². The lowest BCUT2D eigenvalue weighted by molar-refractivity contribution is 0.272. The second-order valence-electron chi connectivity index (χ2n) is 6.55. The van der Waals surface area contributed by atoms with Gasteiger partial charge in [0.2, 0.25) is 5.88 Å². The molecular formula is C20H23N3O2. The van der Waals surface area contributed by atoms with Crippen LogP contribution in [0.1, 0.15) is 24.1 Å². The first-order valence-corrected chi connectivity index (χ1v) is 8.77. The van der Waals surface area contributed by atoms with Gasteiger partial charge in [-0.15, -0.1) is 0 Å². The van der Waals surface area contributed by atoms with Crippen LogP contribution in [0.5, 0.6) is 11.6 Å².